The summed E-state index contributed by atoms with van der Waals surface area (Å²) in [5, 5.41) is 3.43. The van der Waals surface area contributed by atoms with Gasteiger partial charge >= 0.3 is 0 Å². The third-order valence-electron chi connectivity index (χ3n) is 4.24. The van der Waals surface area contributed by atoms with Crippen LogP contribution in [0.2, 0.25) is 0 Å². The first-order valence-electron chi connectivity index (χ1n) is 7.85. The van der Waals surface area contributed by atoms with E-state index >= 15 is 0 Å². The fraction of sp³-hybridized carbons (Fsp3) is 0.625. The normalized spacial score (nSPS) is 18.7. The molecule has 1 aliphatic heterocycles. The first kappa shape index (κ1) is 15.8. The van der Waals surface area contributed by atoms with Crippen LogP contribution in [0.3, 0.4) is 0 Å². The Morgan fingerprint density at radius 3 is 2.86 bits per heavy atom. The second-order valence-corrected chi connectivity index (χ2v) is 5.56. The lowest BCUT2D eigenvalue weighted by Crippen LogP contribution is -2.32. The van der Waals surface area contributed by atoms with E-state index in [-0.39, 0.29) is 5.91 Å². The van der Waals surface area contributed by atoms with Crippen molar-refractivity contribution in [2.24, 2.45) is 0 Å². The lowest BCUT2D eigenvalue weighted by molar-refractivity contribution is 0.0767. The predicted octanol–water partition coefficient (Wildman–Crippen LogP) is 2.07. The van der Waals surface area contributed by atoms with Gasteiger partial charge in [-0.25, -0.2) is 0 Å². The Labute approximate surface area is 127 Å². The fourth-order valence-corrected chi connectivity index (χ4v) is 2.80. The summed E-state index contributed by atoms with van der Waals surface area (Å²) in [5.74, 6) is 0.00151. The van der Waals surface area contributed by atoms with Crippen molar-refractivity contribution in [3.63, 3.8) is 0 Å². The van der Waals surface area contributed by atoms with Gasteiger partial charge in [0.05, 0.1) is 0 Å². The molecule has 1 fully saturated rings. The van der Waals surface area contributed by atoms with E-state index in [1.807, 2.05) is 26.0 Å². The van der Waals surface area contributed by atoms with Gasteiger partial charge in [0.1, 0.15) is 5.69 Å². The number of nitrogens with zero attached hydrogens (tertiary/aromatic N) is 3. The Balaban J connectivity index is 1.98. The van der Waals surface area contributed by atoms with E-state index in [0.717, 1.165) is 12.2 Å². The molecule has 5 nitrogen and oxygen atoms in total. The number of carbonyl (C=O) groups excluding carboxylic acids is 1. The van der Waals surface area contributed by atoms with Crippen LogP contribution in [-0.4, -0.2) is 60.0 Å². The number of likely N-dealkylation sites (tertiary alicyclic amines) is 1. The third-order valence-corrected chi connectivity index (χ3v) is 4.24. The molecule has 1 unspecified atom stereocenters. The van der Waals surface area contributed by atoms with Gasteiger partial charge in [-0.3, -0.25) is 9.78 Å². The van der Waals surface area contributed by atoms with Gasteiger partial charge in [-0.2, -0.15) is 0 Å². The van der Waals surface area contributed by atoms with E-state index in [1.165, 1.54) is 19.4 Å². The minimum atomic E-state index is 0.00151. The Hall–Kier alpha value is -1.62. The van der Waals surface area contributed by atoms with E-state index in [0.29, 0.717) is 24.8 Å². The van der Waals surface area contributed by atoms with E-state index < -0.39 is 0 Å². The molecule has 0 radical (unpaired) electrons. The van der Waals surface area contributed by atoms with Gasteiger partial charge in [-0.1, -0.05) is 0 Å². The molecule has 116 valence electrons. The van der Waals surface area contributed by atoms with Crippen LogP contribution in [-0.2, 0) is 0 Å². The molecule has 0 aliphatic carbocycles. The van der Waals surface area contributed by atoms with Crippen LogP contribution in [0.4, 0.5) is 5.69 Å². The van der Waals surface area contributed by atoms with E-state index in [4.69, 9.17) is 0 Å². The third kappa shape index (κ3) is 3.94. The average molecular weight is 290 g/mol. The Morgan fingerprint density at radius 2 is 2.24 bits per heavy atom. The first-order valence-corrected chi connectivity index (χ1v) is 7.85. The quantitative estimate of drug-likeness (QED) is 0.871. The molecule has 0 saturated carbocycles. The molecule has 0 spiro atoms. The van der Waals surface area contributed by atoms with Crippen LogP contribution in [0, 0.1) is 0 Å². The lowest BCUT2D eigenvalue weighted by atomic mass is 10.2. The smallest absolute Gasteiger partial charge is 0.272 e. The maximum Gasteiger partial charge on any atom is 0.272 e. The molecule has 0 bridgehead atoms. The molecule has 2 heterocycles. The number of carbonyl (C=O) groups is 1. The Bertz CT molecular complexity index is 473. The number of nitrogens with one attached hydrogen (secondary N) is 1. The number of pyridine rings is 1. The molecule has 21 heavy (non-hydrogen) atoms. The average Bonchev–Trinajstić information content (AvgIpc) is 2.92. The van der Waals surface area contributed by atoms with Gasteiger partial charge in [0, 0.05) is 37.6 Å². The molecular formula is C16H26N4O. The van der Waals surface area contributed by atoms with Crippen LogP contribution in [0.1, 0.15) is 37.2 Å². The number of hydrogen-bond acceptors (Lipinski definition) is 4. The van der Waals surface area contributed by atoms with Crippen LogP contribution in [0.25, 0.3) is 0 Å². The molecule has 1 N–H and O–H groups in total. The van der Waals surface area contributed by atoms with Crippen molar-refractivity contribution in [3.05, 3.63) is 24.0 Å². The zero-order valence-electron chi connectivity index (χ0n) is 13.3. The zero-order valence-corrected chi connectivity index (χ0v) is 13.3. The molecule has 2 rings (SSSR count). The van der Waals surface area contributed by atoms with Crippen LogP contribution in [0.15, 0.2) is 18.3 Å². The summed E-state index contributed by atoms with van der Waals surface area (Å²) in [6.45, 7) is 7.48. The minimum Gasteiger partial charge on any atom is -0.383 e. The van der Waals surface area contributed by atoms with Crippen LogP contribution >= 0.6 is 0 Å². The van der Waals surface area contributed by atoms with Gasteiger partial charge in [0.25, 0.3) is 5.91 Å². The summed E-state index contributed by atoms with van der Waals surface area (Å²) in [6.07, 6.45) is 4.21. The van der Waals surface area contributed by atoms with Crippen molar-refractivity contribution in [2.45, 2.75) is 32.7 Å². The molecule has 0 aromatic carbocycles. The molecule has 1 aromatic rings. The number of aromatic nitrogens is 1. The summed E-state index contributed by atoms with van der Waals surface area (Å²) in [5.41, 5.74) is 1.49. The second-order valence-electron chi connectivity index (χ2n) is 5.56. The predicted molar refractivity (Wildman–Crippen MR) is 85.6 cm³/mol. The van der Waals surface area contributed by atoms with Gasteiger partial charge in [-0.15, -0.1) is 0 Å². The maximum absolute atomic E-state index is 12.3. The molecule has 5 heteroatoms. The molecule has 1 amide bonds. The minimum absolute atomic E-state index is 0.00151. The van der Waals surface area contributed by atoms with Crippen LogP contribution in [0.5, 0.6) is 0 Å². The highest BCUT2D eigenvalue weighted by molar-refractivity contribution is 5.93. The summed E-state index contributed by atoms with van der Waals surface area (Å²) < 4.78 is 0. The number of amides is 1. The standard InChI is InChI=1S/C16H26N4O/c1-4-20(5-2)16(21)15-11-13(8-9-17-15)18-12-14-7-6-10-19(14)3/h8-9,11,14H,4-7,10,12H2,1-3H3,(H,17,18). The van der Waals surface area contributed by atoms with Crippen LogP contribution < -0.4 is 5.32 Å². The molecule has 1 atom stereocenters. The largest absolute Gasteiger partial charge is 0.383 e. The van der Waals surface area contributed by atoms with Gasteiger partial charge in [-0.05, 0) is 52.4 Å². The van der Waals surface area contributed by atoms with Gasteiger partial charge in [0.15, 0.2) is 0 Å². The van der Waals surface area contributed by atoms with Crippen molar-refractivity contribution >= 4 is 11.6 Å². The van der Waals surface area contributed by atoms with Crippen molar-refractivity contribution in [2.75, 3.05) is 38.5 Å². The summed E-state index contributed by atoms with van der Waals surface area (Å²) in [7, 11) is 2.17. The Kier molecular flexibility index (Phi) is 5.56. The fourth-order valence-electron chi connectivity index (χ4n) is 2.80. The molecular weight excluding hydrogens is 264 g/mol. The van der Waals surface area contributed by atoms with Crippen molar-refractivity contribution in [3.8, 4) is 0 Å². The summed E-state index contributed by atoms with van der Waals surface area (Å²) in [4.78, 5) is 20.7. The first-order chi connectivity index (χ1) is 10.2. The molecule has 1 saturated heterocycles. The maximum atomic E-state index is 12.3. The topological polar surface area (TPSA) is 48.5 Å². The zero-order chi connectivity index (χ0) is 15.2. The van der Waals surface area contributed by atoms with E-state index in [1.54, 1.807) is 11.1 Å². The van der Waals surface area contributed by atoms with Crippen molar-refractivity contribution in [1.29, 1.82) is 0 Å². The number of anilines is 1. The Morgan fingerprint density at radius 1 is 1.48 bits per heavy atom. The highest BCUT2D eigenvalue weighted by Gasteiger charge is 2.20. The SMILES string of the molecule is CCN(CC)C(=O)c1cc(NCC2CCCN2C)ccn1. The van der Waals surface area contributed by atoms with Crippen molar-refractivity contribution in [1.82, 2.24) is 14.8 Å². The molecule has 1 aliphatic rings. The van der Waals surface area contributed by atoms with E-state index in [9.17, 15) is 4.79 Å². The summed E-state index contributed by atoms with van der Waals surface area (Å²) in [6, 6.07) is 4.36. The monoisotopic (exact) mass is 290 g/mol. The lowest BCUT2D eigenvalue weighted by Gasteiger charge is -2.21. The number of likely N-dealkylation sites (N-methyl/N-ethyl adjacent to an activating group) is 1. The summed E-state index contributed by atoms with van der Waals surface area (Å²) >= 11 is 0. The van der Waals surface area contributed by atoms with Crippen molar-refractivity contribution < 1.29 is 4.79 Å². The second kappa shape index (κ2) is 7.41. The molecule has 1 aromatic heterocycles. The van der Waals surface area contributed by atoms with Gasteiger partial charge in [0.2, 0.25) is 0 Å². The highest BCUT2D eigenvalue weighted by atomic mass is 16.2. The van der Waals surface area contributed by atoms with E-state index in [2.05, 4.69) is 22.2 Å². The highest BCUT2D eigenvalue weighted by Crippen LogP contribution is 2.16. The van der Waals surface area contributed by atoms with Gasteiger partial charge < -0.3 is 15.1 Å². The number of hydrogen-bond donors (Lipinski definition) is 1. The number of rotatable bonds is 6.